The van der Waals surface area contributed by atoms with Gasteiger partial charge in [-0.25, -0.2) is 0 Å². The molecule has 3 aromatic carbocycles. The molecule has 0 fully saturated rings. The molecule has 210 valence electrons. The molecule has 0 aliphatic rings. The molecule has 0 amide bonds. The molecule has 6 heteroatoms. The monoisotopic (exact) mass is 541 g/mol. The Morgan fingerprint density at radius 3 is 2.33 bits per heavy atom. The number of para-hydroxylation sites is 1. The standard InChI is InChI=1S/C34H39NO5/c1-5-39-33(36)11-8-20-35-22-30(29-9-6-7-10-31(29)35)34(37)27-16-18-28(19-17-27)40-32(23-38-4)26-14-12-25(13-15-26)21-24(2)3/h6-7,9-10,12-19,22,24,32H,5,8,11,20-21,23H2,1-4H3. The summed E-state index contributed by atoms with van der Waals surface area (Å²) in [6, 6.07) is 23.6. The van der Waals surface area contributed by atoms with E-state index < -0.39 is 0 Å². The normalized spacial score (nSPS) is 12.0. The van der Waals surface area contributed by atoms with Crippen molar-refractivity contribution >= 4 is 22.7 Å². The quantitative estimate of drug-likeness (QED) is 0.125. The molecule has 0 spiro atoms. The lowest BCUT2D eigenvalue weighted by atomic mass is 10.0. The number of hydrogen-bond acceptors (Lipinski definition) is 5. The van der Waals surface area contributed by atoms with Crippen LogP contribution in [0, 0.1) is 5.92 Å². The zero-order valence-electron chi connectivity index (χ0n) is 23.9. The number of rotatable bonds is 14. The number of ether oxygens (including phenoxy) is 3. The molecule has 0 aliphatic carbocycles. The zero-order valence-corrected chi connectivity index (χ0v) is 23.9. The number of carbonyl (C=O) groups excluding carboxylic acids is 2. The van der Waals surface area contributed by atoms with Crippen molar-refractivity contribution < 1.29 is 23.8 Å². The molecular formula is C34H39NO5. The lowest BCUT2D eigenvalue weighted by molar-refractivity contribution is -0.143. The number of esters is 1. The molecule has 0 aliphatic heterocycles. The fourth-order valence-corrected chi connectivity index (χ4v) is 4.93. The number of ketones is 1. The van der Waals surface area contributed by atoms with Crippen LogP contribution in [-0.2, 0) is 27.2 Å². The average molecular weight is 542 g/mol. The lowest BCUT2D eigenvalue weighted by Gasteiger charge is -2.19. The van der Waals surface area contributed by atoms with E-state index in [1.165, 1.54) is 5.56 Å². The third-order valence-electron chi connectivity index (χ3n) is 6.83. The van der Waals surface area contributed by atoms with Crippen LogP contribution in [0.3, 0.4) is 0 Å². The molecule has 0 radical (unpaired) electrons. The van der Waals surface area contributed by atoms with E-state index >= 15 is 0 Å². The molecule has 4 rings (SSSR count). The van der Waals surface area contributed by atoms with Crippen LogP contribution < -0.4 is 4.74 Å². The number of methoxy groups -OCH3 is 1. The van der Waals surface area contributed by atoms with Gasteiger partial charge in [0.05, 0.1) is 13.2 Å². The summed E-state index contributed by atoms with van der Waals surface area (Å²) in [6.07, 6.45) is 3.65. The highest BCUT2D eigenvalue weighted by molar-refractivity contribution is 6.16. The first-order chi connectivity index (χ1) is 19.4. The number of carbonyl (C=O) groups is 2. The minimum atomic E-state index is -0.257. The van der Waals surface area contributed by atoms with Gasteiger partial charge in [-0.1, -0.05) is 56.3 Å². The first kappa shape index (κ1) is 29.1. The second kappa shape index (κ2) is 13.9. The molecule has 1 aromatic heterocycles. The van der Waals surface area contributed by atoms with E-state index in [2.05, 4.69) is 38.1 Å². The Hall–Kier alpha value is -3.90. The highest BCUT2D eigenvalue weighted by Crippen LogP contribution is 2.27. The Labute approximate surface area is 236 Å². The SMILES string of the molecule is CCOC(=O)CCCn1cc(C(=O)c2ccc(OC(COC)c3ccc(CC(C)C)cc3)cc2)c2ccccc21. The molecule has 0 saturated carbocycles. The Balaban J connectivity index is 1.48. The number of nitrogens with zero attached hydrogens (tertiary/aromatic N) is 1. The van der Waals surface area contributed by atoms with Crippen molar-refractivity contribution in [3.05, 3.63) is 101 Å². The average Bonchev–Trinajstić information content (AvgIpc) is 3.32. The second-order valence-electron chi connectivity index (χ2n) is 10.4. The van der Waals surface area contributed by atoms with Gasteiger partial charge < -0.3 is 18.8 Å². The number of fused-ring (bicyclic) bond motifs is 1. The summed E-state index contributed by atoms with van der Waals surface area (Å²) in [6.45, 7) is 7.65. The van der Waals surface area contributed by atoms with Gasteiger partial charge in [-0.3, -0.25) is 9.59 Å². The van der Waals surface area contributed by atoms with E-state index in [4.69, 9.17) is 14.2 Å². The Bertz CT molecular complexity index is 1400. The molecule has 40 heavy (non-hydrogen) atoms. The Morgan fingerprint density at radius 1 is 0.925 bits per heavy atom. The second-order valence-corrected chi connectivity index (χ2v) is 10.4. The van der Waals surface area contributed by atoms with Gasteiger partial charge in [0.15, 0.2) is 5.78 Å². The third-order valence-corrected chi connectivity index (χ3v) is 6.83. The van der Waals surface area contributed by atoms with Gasteiger partial charge in [-0.2, -0.15) is 0 Å². The molecule has 0 bridgehead atoms. The molecule has 0 N–H and O–H groups in total. The molecule has 1 atom stereocenters. The summed E-state index contributed by atoms with van der Waals surface area (Å²) < 4.78 is 18.8. The van der Waals surface area contributed by atoms with Crippen LogP contribution in [0.25, 0.3) is 10.9 Å². The smallest absolute Gasteiger partial charge is 0.305 e. The maximum atomic E-state index is 13.6. The summed E-state index contributed by atoms with van der Waals surface area (Å²) in [5.41, 5.74) is 4.54. The van der Waals surface area contributed by atoms with Gasteiger partial charge in [0.2, 0.25) is 0 Å². The number of aryl methyl sites for hydroxylation is 1. The van der Waals surface area contributed by atoms with Gasteiger partial charge in [0.1, 0.15) is 11.9 Å². The predicted octanol–water partition coefficient (Wildman–Crippen LogP) is 7.18. The highest BCUT2D eigenvalue weighted by Gasteiger charge is 2.18. The first-order valence-corrected chi connectivity index (χ1v) is 14.0. The van der Waals surface area contributed by atoms with E-state index in [1.54, 1.807) is 26.2 Å². The molecule has 6 nitrogen and oxygen atoms in total. The molecule has 1 heterocycles. The highest BCUT2D eigenvalue weighted by atomic mass is 16.5. The van der Waals surface area contributed by atoms with Crippen molar-refractivity contribution in [2.24, 2.45) is 5.92 Å². The lowest BCUT2D eigenvalue weighted by Crippen LogP contribution is -2.14. The number of hydrogen-bond donors (Lipinski definition) is 0. The summed E-state index contributed by atoms with van der Waals surface area (Å²) in [5.74, 6) is 1.02. The van der Waals surface area contributed by atoms with E-state index in [9.17, 15) is 9.59 Å². The van der Waals surface area contributed by atoms with Crippen LogP contribution >= 0.6 is 0 Å². The maximum absolute atomic E-state index is 13.6. The minimum absolute atomic E-state index is 0.0546. The maximum Gasteiger partial charge on any atom is 0.305 e. The van der Waals surface area contributed by atoms with Gasteiger partial charge in [0.25, 0.3) is 0 Å². The van der Waals surface area contributed by atoms with E-state index in [0.29, 0.717) is 55.4 Å². The molecule has 4 aromatic rings. The van der Waals surface area contributed by atoms with Gasteiger partial charge in [0, 0.05) is 48.3 Å². The Morgan fingerprint density at radius 2 is 1.65 bits per heavy atom. The van der Waals surface area contributed by atoms with Crippen molar-refractivity contribution in [1.82, 2.24) is 4.57 Å². The van der Waals surface area contributed by atoms with Crippen molar-refractivity contribution in [3.63, 3.8) is 0 Å². The van der Waals surface area contributed by atoms with E-state index in [1.807, 2.05) is 47.2 Å². The van der Waals surface area contributed by atoms with E-state index in [0.717, 1.165) is 22.9 Å². The van der Waals surface area contributed by atoms with Gasteiger partial charge in [-0.15, -0.1) is 0 Å². The van der Waals surface area contributed by atoms with Crippen molar-refractivity contribution in [3.8, 4) is 5.75 Å². The fraction of sp³-hybridized carbons (Fsp3) is 0.353. The van der Waals surface area contributed by atoms with Crippen LogP contribution in [0.2, 0.25) is 0 Å². The Kier molecular flexibility index (Phi) is 10.1. The third kappa shape index (κ3) is 7.39. The fourth-order valence-electron chi connectivity index (χ4n) is 4.93. The van der Waals surface area contributed by atoms with Crippen molar-refractivity contribution in [2.75, 3.05) is 20.3 Å². The molecular weight excluding hydrogens is 502 g/mol. The largest absolute Gasteiger partial charge is 0.483 e. The first-order valence-electron chi connectivity index (χ1n) is 14.0. The van der Waals surface area contributed by atoms with Crippen molar-refractivity contribution in [1.29, 1.82) is 0 Å². The summed E-state index contributed by atoms with van der Waals surface area (Å²) in [4.78, 5) is 25.3. The van der Waals surface area contributed by atoms with Crippen LogP contribution in [0.4, 0.5) is 0 Å². The predicted molar refractivity (Wildman–Crippen MR) is 158 cm³/mol. The summed E-state index contributed by atoms with van der Waals surface area (Å²) in [5, 5.41) is 0.894. The summed E-state index contributed by atoms with van der Waals surface area (Å²) >= 11 is 0. The number of benzene rings is 3. The number of aromatic nitrogens is 1. The summed E-state index contributed by atoms with van der Waals surface area (Å²) in [7, 11) is 1.67. The van der Waals surface area contributed by atoms with Crippen molar-refractivity contribution in [2.45, 2.75) is 52.7 Å². The molecule has 1 unspecified atom stereocenters. The molecule has 0 saturated heterocycles. The van der Waals surface area contributed by atoms with Gasteiger partial charge >= 0.3 is 5.97 Å². The van der Waals surface area contributed by atoms with Crippen LogP contribution in [0.1, 0.15) is 66.8 Å². The van der Waals surface area contributed by atoms with Crippen LogP contribution in [0.5, 0.6) is 5.75 Å². The van der Waals surface area contributed by atoms with Gasteiger partial charge in [-0.05, 0) is 67.1 Å². The minimum Gasteiger partial charge on any atom is -0.483 e. The zero-order chi connectivity index (χ0) is 28.5. The van der Waals surface area contributed by atoms with E-state index in [-0.39, 0.29) is 17.9 Å². The van der Waals surface area contributed by atoms with Crippen LogP contribution in [0.15, 0.2) is 79.0 Å². The topological polar surface area (TPSA) is 66.8 Å². The van der Waals surface area contributed by atoms with Crippen LogP contribution in [-0.4, -0.2) is 36.6 Å².